The molecule has 0 aliphatic rings. The number of carboxylic acids is 1. The summed E-state index contributed by atoms with van der Waals surface area (Å²) in [5.41, 5.74) is 2.27. The van der Waals surface area contributed by atoms with Crippen LogP contribution in [0.3, 0.4) is 0 Å². The van der Waals surface area contributed by atoms with E-state index in [-0.39, 0.29) is 6.42 Å². The van der Waals surface area contributed by atoms with Crippen molar-refractivity contribution in [2.45, 2.75) is 13.3 Å². The minimum atomic E-state index is -0.875. The number of hydrogen-bond donors (Lipinski definition) is 1. The van der Waals surface area contributed by atoms with E-state index in [2.05, 4.69) is 5.10 Å². The number of carbonyl (C=O) groups is 1. The molecule has 1 N–H and O–H groups in total. The van der Waals surface area contributed by atoms with Crippen molar-refractivity contribution in [1.82, 2.24) is 9.78 Å². The molecule has 0 amide bonds. The van der Waals surface area contributed by atoms with Crippen LogP contribution in [0.1, 0.15) is 11.3 Å². The Morgan fingerprint density at radius 3 is 2.60 bits per heavy atom. The van der Waals surface area contributed by atoms with E-state index in [9.17, 15) is 4.79 Å². The van der Waals surface area contributed by atoms with Crippen LogP contribution in [0.15, 0.2) is 24.4 Å². The van der Waals surface area contributed by atoms with Crippen molar-refractivity contribution in [2.75, 3.05) is 14.2 Å². The third-order valence-corrected chi connectivity index (χ3v) is 3.06. The molecule has 0 aliphatic heterocycles. The zero-order valence-electron chi connectivity index (χ0n) is 11.6. The topological polar surface area (TPSA) is 73.6 Å². The molecule has 2 rings (SSSR count). The number of ether oxygens (including phenoxy) is 2. The summed E-state index contributed by atoms with van der Waals surface area (Å²) in [6, 6.07) is 5.42. The summed E-state index contributed by atoms with van der Waals surface area (Å²) < 4.78 is 12.1. The van der Waals surface area contributed by atoms with Gasteiger partial charge in [0, 0.05) is 17.3 Å². The highest BCUT2D eigenvalue weighted by Gasteiger charge is 2.13. The van der Waals surface area contributed by atoms with E-state index < -0.39 is 5.97 Å². The Kier molecular flexibility index (Phi) is 3.93. The molecule has 0 saturated heterocycles. The second-order valence-corrected chi connectivity index (χ2v) is 4.28. The van der Waals surface area contributed by atoms with Gasteiger partial charge in [0.15, 0.2) is 11.5 Å². The fourth-order valence-electron chi connectivity index (χ4n) is 2.00. The zero-order valence-corrected chi connectivity index (χ0v) is 11.6. The molecular weight excluding hydrogens is 260 g/mol. The molecule has 1 heterocycles. The molecule has 6 nitrogen and oxygen atoms in total. The molecule has 1 aromatic carbocycles. The summed E-state index contributed by atoms with van der Waals surface area (Å²) in [6.45, 7) is 1.84. The average Bonchev–Trinajstić information content (AvgIpc) is 2.79. The molecule has 0 atom stereocenters. The number of benzene rings is 1. The number of methoxy groups -OCH3 is 2. The van der Waals surface area contributed by atoms with Gasteiger partial charge in [0.05, 0.1) is 32.5 Å². The van der Waals surface area contributed by atoms with Gasteiger partial charge in [-0.2, -0.15) is 5.10 Å². The molecule has 0 radical (unpaired) electrons. The first-order valence-electron chi connectivity index (χ1n) is 6.04. The fourth-order valence-corrected chi connectivity index (χ4v) is 2.00. The molecule has 0 aliphatic carbocycles. The number of aromatic nitrogens is 2. The van der Waals surface area contributed by atoms with Crippen LogP contribution < -0.4 is 9.47 Å². The van der Waals surface area contributed by atoms with Gasteiger partial charge in [-0.15, -0.1) is 0 Å². The standard InChI is InChI=1S/C14H16N2O4/c1-9-10(6-14(17)18)8-15-16(9)11-4-5-12(19-2)13(7-11)20-3/h4-5,7-8H,6H2,1-3H3,(H,17,18). The van der Waals surface area contributed by atoms with E-state index in [4.69, 9.17) is 14.6 Å². The predicted molar refractivity (Wildman–Crippen MR) is 72.7 cm³/mol. The normalized spacial score (nSPS) is 10.3. The first-order valence-corrected chi connectivity index (χ1v) is 6.04. The third kappa shape index (κ3) is 2.59. The number of carboxylic acid groups (broad SMARTS) is 1. The van der Waals surface area contributed by atoms with Gasteiger partial charge in [-0.3, -0.25) is 4.79 Å². The van der Waals surface area contributed by atoms with Crippen LogP contribution in [-0.4, -0.2) is 35.1 Å². The molecule has 0 spiro atoms. The van der Waals surface area contributed by atoms with Crippen LogP contribution in [0.25, 0.3) is 5.69 Å². The maximum absolute atomic E-state index is 10.8. The predicted octanol–water partition coefficient (Wildman–Crippen LogP) is 1.83. The molecule has 106 valence electrons. The minimum Gasteiger partial charge on any atom is -0.493 e. The van der Waals surface area contributed by atoms with Crippen molar-refractivity contribution < 1.29 is 19.4 Å². The number of aliphatic carboxylic acids is 1. The molecule has 0 saturated carbocycles. The lowest BCUT2D eigenvalue weighted by Crippen LogP contribution is -2.03. The molecular formula is C14H16N2O4. The van der Waals surface area contributed by atoms with Crippen molar-refractivity contribution in [1.29, 1.82) is 0 Å². The molecule has 0 fully saturated rings. The van der Waals surface area contributed by atoms with Gasteiger partial charge in [0.2, 0.25) is 0 Å². The van der Waals surface area contributed by atoms with Gasteiger partial charge in [0.1, 0.15) is 0 Å². The first-order chi connectivity index (χ1) is 9.56. The highest BCUT2D eigenvalue weighted by molar-refractivity contribution is 5.70. The van der Waals surface area contributed by atoms with E-state index >= 15 is 0 Å². The van der Waals surface area contributed by atoms with E-state index in [0.717, 1.165) is 11.4 Å². The maximum atomic E-state index is 10.8. The molecule has 0 bridgehead atoms. The number of nitrogens with zero attached hydrogens (tertiary/aromatic N) is 2. The summed E-state index contributed by atoms with van der Waals surface area (Å²) in [6.07, 6.45) is 1.53. The highest BCUT2D eigenvalue weighted by Crippen LogP contribution is 2.29. The summed E-state index contributed by atoms with van der Waals surface area (Å²) in [4.78, 5) is 10.8. The Morgan fingerprint density at radius 1 is 1.30 bits per heavy atom. The van der Waals surface area contributed by atoms with Crippen molar-refractivity contribution in [3.63, 3.8) is 0 Å². The van der Waals surface area contributed by atoms with Gasteiger partial charge < -0.3 is 14.6 Å². The van der Waals surface area contributed by atoms with Crippen LogP contribution in [0, 0.1) is 6.92 Å². The average molecular weight is 276 g/mol. The van der Waals surface area contributed by atoms with Crippen molar-refractivity contribution in [3.05, 3.63) is 35.7 Å². The molecule has 6 heteroatoms. The van der Waals surface area contributed by atoms with E-state index in [1.165, 1.54) is 0 Å². The van der Waals surface area contributed by atoms with Crippen molar-refractivity contribution in [3.8, 4) is 17.2 Å². The lowest BCUT2D eigenvalue weighted by molar-refractivity contribution is -0.136. The zero-order chi connectivity index (χ0) is 14.7. The first kappa shape index (κ1) is 13.9. The Hall–Kier alpha value is -2.50. The van der Waals surface area contributed by atoms with Crippen LogP contribution >= 0.6 is 0 Å². The summed E-state index contributed by atoms with van der Waals surface area (Å²) in [5.74, 6) is 0.353. The lowest BCUT2D eigenvalue weighted by atomic mass is 10.2. The van der Waals surface area contributed by atoms with E-state index in [1.54, 1.807) is 37.2 Å². The summed E-state index contributed by atoms with van der Waals surface area (Å²) in [7, 11) is 3.13. The Bertz CT molecular complexity index is 634. The Labute approximate surface area is 116 Å². The summed E-state index contributed by atoms with van der Waals surface area (Å²) in [5, 5.41) is 13.1. The van der Waals surface area contributed by atoms with E-state index in [1.807, 2.05) is 13.0 Å². The van der Waals surface area contributed by atoms with Crippen LogP contribution in [0.5, 0.6) is 11.5 Å². The number of rotatable bonds is 5. The number of hydrogen-bond acceptors (Lipinski definition) is 4. The Morgan fingerprint density at radius 2 is 2.00 bits per heavy atom. The molecule has 1 aromatic heterocycles. The van der Waals surface area contributed by atoms with Crippen LogP contribution in [0.4, 0.5) is 0 Å². The SMILES string of the molecule is COc1ccc(-n2ncc(CC(=O)O)c2C)cc1OC. The van der Waals surface area contributed by atoms with Crippen molar-refractivity contribution >= 4 is 5.97 Å². The highest BCUT2D eigenvalue weighted by atomic mass is 16.5. The minimum absolute atomic E-state index is 0.0425. The molecule has 2 aromatic rings. The Balaban J connectivity index is 2.41. The second kappa shape index (κ2) is 5.64. The van der Waals surface area contributed by atoms with Gasteiger partial charge in [-0.05, 0) is 19.1 Å². The second-order valence-electron chi connectivity index (χ2n) is 4.28. The maximum Gasteiger partial charge on any atom is 0.307 e. The lowest BCUT2D eigenvalue weighted by Gasteiger charge is -2.10. The van der Waals surface area contributed by atoms with Gasteiger partial charge in [0.25, 0.3) is 0 Å². The van der Waals surface area contributed by atoms with Gasteiger partial charge >= 0.3 is 5.97 Å². The van der Waals surface area contributed by atoms with Gasteiger partial charge in [-0.1, -0.05) is 0 Å². The monoisotopic (exact) mass is 276 g/mol. The van der Waals surface area contributed by atoms with Crippen LogP contribution in [0.2, 0.25) is 0 Å². The molecule has 0 unspecified atom stereocenters. The van der Waals surface area contributed by atoms with E-state index in [0.29, 0.717) is 17.1 Å². The van der Waals surface area contributed by atoms with Crippen molar-refractivity contribution in [2.24, 2.45) is 0 Å². The quantitative estimate of drug-likeness (QED) is 0.901. The van der Waals surface area contributed by atoms with Crippen LogP contribution in [-0.2, 0) is 11.2 Å². The smallest absolute Gasteiger partial charge is 0.307 e. The fraction of sp³-hybridized carbons (Fsp3) is 0.286. The third-order valence-electron chi connectivity index (χ3n) is 3.06. The summed E-state index contributed by atoms with van der Waals surface area (Å²) >= 11 is 0. The largest absolute Gasteiger partial charge is 0.493 e. The van der Waals surface area contributed by atoms with Gasteiger partial charge in [-0.25, -0.2) is 4.68 Å². The molecule has 20 heavy (non-hydrogen) atoms.